The molecule has 0 spiro atoms. The van der Waals surface area contributed by atoms with E-state index in [1.807, 2.05) is 0 Å². The molecule has 1 aliphatic heterocycles. The smallest absolute Gasteiger partial charge is 0.0746 e. The summed E-state index contributed by atoms with van der Waals surface area (Å²) in [5.41, 5.74) is 5.70. The van der Waals surface area contributed by atoms with Crippen molar-refractivity contribution in [3.05, 3.63) is 0 Å². The van der Waals surface area contributed by atoms with Gasteiger partial charge in [-0.15, -0.1) is 0 Å². The topological polar surface area (TPSA) is 47.3 Å². The third-order valence-electron chi connectivity index (χ3n) is 1.77. The summed E-state index contributed by atoms with van der Waals surface area (Å²) in [5.74, 6) is 0. The van der Waals surface area contributed by atoms with E-state index >= 15 is 0 Å². The molecule has 1 saturated heterocycles. The van der Waals surface area contributed by atoms with Gasteiger partial charge in [0.15, 0.2) is 0 Å². The zero-order chi connectivity index (χ0) is 6.69. The number of nitrogens with two attached hydrogens (primary N) is 1. The highest BCUT2D eigenvalue weighted by molar-refractivity contribution is 4.80. The van der Waals surface area contributed by atoms with Crippen LogP contribution in [0.25, 0.3) is 0 Å². The molecule has 0 aliphatic carbocycles. The van der Waals surface area contributed by atoms with Crippen LogP contribution in [-0.2, 0) is 4.74 Å². The van der Waals surface area contributed by atoms with Crippen molar-refractivity contribution < 1.29 is 4.74 Å². The Morgan fingerprint density at radius 1 is 1.67 bits per heavy atom. The minimum absolute atomic E-state index is 0.184. The third kappa shape index (κ3) is 1.64. The van der Waals surface area contributed by atoms with Gasteiger partial charge in [-0.25, -0.2) is 0 Å². The lowest BCUT2D eigenvalue weighted by Gasteiger charge is -2.27. The molecule has 3 nitrogen and oxygen atoms in total. The molecule has 54 valence electrons. The van der Waals surface area contributed by atoms with Gasteiger partial charge in [0.2, 0.25) is 0 Å². The Labute approximate surface area is 55.6 Å². The molecule has 0 amide bonds. The highest BCUT2D eigenvalue weighted by Gasteiger charge is 2.19. The van der Waals surface area contributed by atoms with E-state index in [4.69, 9.17) is 10.5 Å². The maximum Gasteiger partial charge on any atom is 0.0746 e. The summed E-state index contributed by atoms with van der Waals surface area (Å²) in [6.45, 7) is 1.92. The van der Waals surface area contributed by atoms with Crippen LogP contribution in [0.5, 0.6) is 0 Å². The fourth-order valence-corrected chi connectivity index (χ4v) is 1.15. The number of nitrogens with one attached hydrogen (secondary N) is 1. The van der Waals surface area contributed by atoms with Crippen molar-refractivity contribution in [2.45, 2.75) is 18.6 Å². The first-order chi connectivity index (χ1) is 4.34. The summed E-state index contributed by atoms with van der Waals surface area (Å²) in [6.07, 6.45) is 1.31. The lowest BCUT2D eigenvalue weighted by molar-refractivity contribution is 0.0606. The first-order valence-corrected chi connectivity index (χ1v) is 3.33. The second kappa shape index (κ2) is 3.15. The Balaban J connectivity index is 2.30. The number of methoxy groups -OCH3 is 1. The number of rotatable bonds is 1. The Hall–Kier alpha value is -0.120. The van der Waals surface area contributed by atoms with Crippen molar-refractivity contribution in [3.8, 4) is 0 Å². The van der Waals surface area contributed by atoms with Crippen LogP contribution in [0.15, 0.2) is 0 Å². The van der Waals surface area contributed by atoms with E-state index < -0.39 is 0 Å². The van der Waals surface area contributed by atoms with Crippen molar-refractivity contribution in [2.24, 2.45) is 5.73 Å². The molecule has 1 unspecified atom stereocenters. The average molecular weight is 130 g/mol. The van der Waals surface area contributed by atoms with Crippen molar-refractivity contribution in [1.29, 1.82) is 0 Å². The number of piperidine rings is 1. The van der Waals surface area contributed by atoms with E-state index in [2.05, 4.69) is 5.32 Å². The predicted octanol–water partition coefficient (Wildman–Crippen LogP) is -0.678. The average Bonchev–Trinajstić information content (AvgIpc) is 1.89. The third-order valence-corrected chi connectivity index (χ3v) is 1.77. The van der Waals surface area contributed by atoms with E-state index in [1.165, 1.54) is 0 Å². The molecule has 1 heterocycles. The summed E-state index contributed by atoms with van der Waals surface area (Å²) in [6, 6.07) is 0.184. The fraction of sp³-hybridized carbons (Fsp3) is 1.00. The predicted molar refractivity (Wildman–Crippen MR) is 36.3 cm³/mol. The molecule has 0 aromatic carbocycles. The van der Waals surface area contributed by atoms with Crippen molar-refractivity contribution >= 4 is 0 Å². The second-order valence-electron chi connectivity index (χ2n) is 2.43. The van der Waals surface area contributed by atoms with Gasteiger partial charge in [-0.2, -0.15) is 0 Å². The van der Waals surface area contributed by atoms with Crippen LogP contribution in [-0.4, -0.2) is 32.3 Å². The van der Waals surface area contributed by atoms with Crippen molar-refractivity contribution in [1.82, 2.24) is 5.32 Å². The molecule has 9 heavy (non-hydrogen) atoms. The molecule has 0 aromatic heterocycles. The minimum atomic E-state index is 0.184. The van der Waals surface area contributed by atoms with Crippen LogP contribution >= 0.6 is 0 Å². The van der Waals surface area contributed by atoms with Gasteiger partial charge in [-0.1, -0.05) is 0 Å². The van der Waals surface area contributed by atoms with Gasteiger partial charge in [-0.05, 0) is 13.0 Å². The molecule has 1 aliphatic rings. The fourth-order valence-electron chi connectivity index (χ4n) is 1.15. The molecule has 1 fully saturated rings. The minimum Gasteiger partial charge on any atom is -0.380 e. The van der Waals surface area contributed by atoms with Crippen LogP contribution in [0.1, 0.15) is 6.42 Å². The normalized spacial score (nSPS) is 36.7. The van der Waals surface area contributed by atoms with E-state index in [1.54, 1.807) is 7.11 Å². The first kappa shape index (κ1) is 6.99. The Bertz CT molecular complexity index is 87.1. The molecule has 3 N–H and O–H groups in total. The van der Waals surface area contributed by atoms with Gasteiger partial charge < -0.3 is 15.8 Å². The van der Waals surface area contributed by atoms with Gasteiger partial charge in [0.25, 0.3) is 0 Å². The molecule has 2 atom stereocenters. The van der Waals surface area contributed by atoms with E-state index in [0.29, 0.717) is 0 Å². The molecular weight excluding hydrogens is 116 g/mol. The number of ether oxygens (including phenoxy) is 1. The van der Waals surface area contributed by atoms with Crippen LogP contribution in [0, 0.1) is 0 Å². The summed E-state index contributed by atoms with van der Waals surface area (Å²) in [4.78, 5) is 0. The molecule has 3 heteroatoms. The van der Waals surface area contributed by atoms with E-state index in [0.717, 1.165) is 19.5 Å². The molecule has 0 radical (unpaired) electrons. The van der Waals surface area contributed by atoms with Crippen LogP contribution in [0.2, 0.25) is 0 Å². The summed E-state index contributed by atoms with van der Waals surface area (Å²) >= 11 is 0. The highest BCUT2D eigenvalue weighted by atomic mass is 16.5. The molecule has 1 rings (SSSR count). The van der Waals surface area contributed by atoms with Crippen LogP contribution < -0.4 is 11.1 Å². The summed E-state index contributed by atoms with van der Waals surface area (Å²) in [7, 11) is 1.72. The second-order valence-corrected chi connectivity index (χ2v) is 2.43. The monoisotopic (exact) mass is 130 g/mol. The quantitative estimate of drug-likeness (QED) is 0.494. The standard InChI is InChI=1S/C6H14N2O/c1-9-6-2-3-8-4-5(6)7/h5-6,8H,2-4,7H2,1H3/t5?,6-/m0/s1. The largest absolute Gasteiger partial charge is 0.380 e. The highest BCUT2D eigenvalue weighted by Crippen LogP contribution is 2.03. The zero-order valence-electron chi connectivity index (χ0n) is 5.76. The Kier molecular flexibility index (Phi) is 2.45. The maximum absolute atomic E-state index is 5.70. The lowest BCUT2D eigenvalue weighted by atomic mass is 10.1. The van der Waals surface area contributed by atoms with Crippen molar-refractivity contribution in [3.63, 3.8) is 0 Å². The van der Waals surface area contributed by atoms with Crippen LogP contribution in [0.3, 0.4) is 0 Å². The number of hydrogen-bond acceptors (Lipinski definition) is 3. The van der Waals surface area contributed by atoms with E-state index in [-0.39, 0.29) is 12.1 Å². The lowest BCUT2D eigenvalue weighted by Crippen LogP contribution is -2.49. The van der Waals surface area contributed by atoms with Gasteiger partial charge in [0, 0.05) is 19.7 Å². The van der Waals surface area contributed by atoms with Gasteiger partial charge in [-0.3, -0.25) is 0 Å². The van der Waals surface area contributed by atoms with Gasteiger partial charge >= 0.3 is 0 Å². The molecular formula is C6H14N2O. The van der Waals surface area contributed by atoms with Crippen LogP contribution in [0.4, 0.5) is 0 Å². The Morgan fingerprint density at radius 3 is 2.89 bits per heavy atom. The number of hydrogen-bond donors (Lipinski definition) is 2. The zero-order valence-corrected chi connectivity index (χ0v) is 5.76. The molecule has 0 saturated carbocycles. The van der Waals surface area contributed by atoms with E-state index in [9.17, 15) is 0 Å². The van der Waals surface area contributed by atoms with Gasteiger partial charge in [0.05, 0.1) is 6.10 Å². The molecule has 0 bridgehead atoms. The maximum atomic E-state index is 5.70. The first-order valence-electron chi connectivity index (χ1n) is 3.33. The van der Waals surface area contributed by atoms with Crippen molar-refractivity contribution in [2.75, 3.05) is 20.2 Å². The van der Waals surface area contributed by atoms with Gasteiger partial charge in [0.1, 0.15) is 0 Å². The Morgan fingerprint density at radius 2 is 2.44 bits per heavy atom. The summed E-state index contributed by atoms with van der Waals surface area (Å²) in [5, 5.41) is 3.19. The summed E-state index contributed by atoms with van der Waals surface area (Å²) < 4.78 is 5.14. The SMILES string of the molecule is CO[C@H]1CCNCC1N. The molecule has 0 aromatic rings.